The molecule has 0 aliphatic heterocycles. The molecule has 0 radical (unpaired) electrons. The number of rotatable bonds is 4. The first-order valence-corrected chi connectivity index (χ1v) is 7.71. The normalized spacial score (nSPS) is 15.6. The zero-order valence-corrected chi connectivity index (χ0v) is 13.3. The smallest absolute Gasteiger partial charge is 0.261 e. The number of nitrogens with one attached hydrogen (secondary N) is 2. The highest BCUT2D eigenvalue weighted by molar-refractivity contribution is 5.94. The molecule has 1 fully saturated rings. The van der Waals surface area contributed by atoms with E-state index in [0.29, 0.717) is 5.69 Å². The molecule has 1 aliphatic rings. The number of aromatic amines is 1. The van der Waals surface area contributed by atoms with Crippen molar-refractivity contribution in [3.05, 3.63) is 52.3 Å². The van der Waals surface area contributed by atoms with Gasteiger partial charge in [0.05, 0.1) is 7.11 Å². The van der Waals surface area contributed by atoms with Crippen LogP contribution in [0.4, 0.5) is 0 Å². The van der Waals surface area contributed by atoms with Gasteiger partial charge in [-0.05, 0) is 68.1 Å². The fraction of sp³-hybridized carbons (Fsp3) is 0.333. The lowest BCUT2D eigenvalue weighted by atomic mass is 9.78. The Morgan fingerprint density at radius 1 is 1.17 bits per heavy atom. The molecule has 0 spiro atoms. The molecule has 120 valence electrons. The van der Waals surface area contributed by atoms with E-state index < -0.39 is 0 Å². The van der Waals surface area contributed by atoms with Crippen LogP contribution in [0.25, 0.3) is 11.3 Å². The fourth-order valence-corrected chi connectivity index (χ4v) is 2.76. The summed E-state index contributed by atoms with van der Waals surface area (Å²) in [6, 6.07) is 10.7. The molecular weight excluding hydrogens is 292 g/mol. The van der Waals surface area contributed by atoms with Gasteiger partial charge in [-0.3, -0.25) is 9.59 Å². The lowest BCUT2D eigenvalue weighted by Crippen LogP contribution is -2.51. The Bertz CT molecular complexity index is 774. The van der Waals surface area contributed by atoms with Crippen LogP contribution in [0.15, 0.2) is 41.2 Å². The second-order valence-electron chi connectivity index (χ2n) is 6.21. The molecule has 2 N–H and O–H groups in total. The summed E-state index contributed by atoms with van der Waals surface area (Å²) < 4.78 is 5.12. The first-order chi connectivity index (χ1) is 11.0. The average molecular weight is 312 g/mol. The molecule has 0 unspecified atom stereocenters. The summed E-state index contributed by atoms with van der Waals surface area (Å²) >= 11 is 0. The standard InChI is InChI=1S/C18H20N2O3/c1-18(10-3-11-18)20-17(22)14-8-9-15(19-16(14)21)12-4-6-13(23-2)7-5-12/h4-9H,3,10-11H2,1-2H3,(H,19,21)(H,20,22). The van der Waals surface area contributed by atoms with Crippen LogP contribution in [-0.2, 0) is 0 Å². The molecular formula is C18H20N2O3. The number of amides is 1. The number of hydrogen-bond donors (Lipinski definition) is 2. The molecule has 1 aromatic carbocycles. The highest BCUT2D eigenvalue weighted by Gasteiger charge is 2.33. The van der Waals surface area contributed by atoms with Gasteiger partial charge in [0.1, 0.15) is 11.3 Å². The van der Waals surface area contributed by atoms with E-state index in [2.05, 4.69) is 10.3 Å². The summed E-state index contributed by atoms with van der Waals surface area (Å²) in [5.41, 5.74) is 1.14. The minimum atomic E-state index is -0.376. The van der Waals surface area contributed by atoms with Gasteiger partial charge >= 0.3 is 0 Å². The second kappa shape index (κ2) is 5.91. The summed E-state index contributed by atoms with van der Waals surface area (Å²) in [7, 11) is 1.60. The third kappa shape index (κ3) is 3.13. The van der Waals surface area contributed by atoms with Gasteiger partial charge in [-0.1, -0.05) is 0 Å². The van der Waals surface area contributed by atoms with Crippen LogP contribution in [-0.4, -0.2) is 23.5 Å². The van der Waals surface area contributed by atoms with Crippen LogP contribution >= 0.6 is 0 Å². The molecule has 1 saturated carbocycles. The van der Waals surface area contributed by atoms with E-state index in [1.54, 1.807) is 19.2 Å². The predicted octanol–water partition coefficient (Wildman–Crippen LogP) is 2.72. The first kappa shape index (κ1) is 15.3. The van der Waals surface area contributed by atoms with Crippen molar-refractivity contribution in [1.82, 2.24) is 10.3 Å². The zero-order valence-electron chi connectivity index (χ0n) is 13.3. The lowest BCUT2D eigenvalue weighted by molar-refractivity contribution is 0.0849. The predicted molar refractivity (Wildman–Crippen MR) is 88.8 cm³/mol. The van der Waals surface area contributed by atoms with Crippen LogP contribution in [0.3, 0.4) is 0 Å². The van der Waals surface area contributed by atoms with Crippen LogP contribution in [0.1, 0.15) is 36.5 Å². The van der Waals surface area contributed by atoms with Crippen LogP contribution in [0.5, 0.6) is 5.75 Å². The summed E-state index contributed by atoms with van der Waals surface area (Å²) in [5.74, 6) is 0.440. The summed E-state index contributed by atoms with van der Waals surface area (Å²) in [5, 5.41) is 2.95. The van der Waals surface area contributed by atoms with E-state index in [0.717, 1.165) is 30.6 Å². The maximum absolute atomic E-state index is 12.3. The second-order valence-corrected chi connectivity index (χ2v) is 6.21. The number of carbonyl (C=O) groups is 1. The molecule has 5 heteroatoms. The molecule has 23 heavy (non-hydrogen) atoms. The number of carbonyl (C=O) groups excluding carboxylic acids is 1. The highest BCUT2D eigenvalue weighted by Crippen LogP contribution is 2.31. The zero-order chi connectivity index (χ0) is 16.4. The number of methoxy groups -OCH3 is 1. The number of hydrogen-bond acceptors (Lipinski definition) is 3. The van der Waals surface area contributed by atoms with Crippen molar-refractivity contribution < 1.29 is 9.53 Å². The van der Waals surface area contributed by atoms with Crippen molar-refractivity contribution >= 4 is 5.91 Å². The number of benzene rings is 1. The Kier molecular flexibility index (Phi) is 3.94. The van der Waals surface area contributed by atoms with Crippen molar-refractivity contribution in [3.8, 4) is 17.0 Å². The summed E-state index contributed by atoms with van der Waals surface area (Å²) in [6.07, 6.45) is 3.03. The lowest BCUT2D eigenvalue weighted by Gasteiger charge is -2.39. The van der Waals surface area contributed by atoms with Gasteiger partial charge in [0.25, 0.3) is 11.5 Å². The Morgan fingerprint density at radius 2 is 1.87 bits per heavy atom. The molecule has 0 bridgehead atoms. The van der Waals surface area contributed by atoms with Crippen LogP contribution < -0.4 is 15.6 Å². The Balaban J connectivity index is 1.82. The maximum Gasteiger partial charge on any atom is 0.261 e. The molecule has 1 aromatic heterocycles. The largest absolute Gasteiger partial charge is 0.497 e. The van der Waals surface area contributed by atoms with Crippen molar-refractivity contribution in [3.63, 3.8) is 0 Å². The van der Waals surface area contributed by atoms with Gasteiger partial charge < -0.3 is 15.0 Å². The van der Waals surface area contributed by atoms with Crippen LogP contribution in [0, 0.1) is 0 Å². The molecule has 1 heterocycles. The van der Waals surface area contributed by atoms with E-state index in [1.807, 2.05) is 31.2 Å². The van der Waals surface area contributed by atoms with Crippen molar-refractivity contribution in [2.75, 3.05) is 7.11 Å². The molecule has 2 aromatic rings. The molecule has 5 nitrogen and oxygen atoms in total. The van der Waals surface area contributed by atoms with Gasteiger partial charge in [-0.15, -0.1) is 0 Å². The maximum atomic E-state index is 12.3. The monoisotopic (exact) mass is 312 g/mol. The highest BCUT2D eigenvalue weighted by atomic mass is 16.5. The Labute approximate surface area is 134 Å². The van der Waals surface area contributed by atoms with E-state index >= 15 is 0 Å². The minimum absolute atomic E-state index is 0.149. The Hall–Kier alpha value is -2.56. The van der Waals surface area contributed by atoms with Gasteiger partial charge in [0.15, 0.2) is 0 Å². The van der Waals surface area contributed by atoms with E-state index in [-0.39, 0.29) is 22.6 Å². The van der Waals surface area contributed by atoms with Crippen molar-refractivity contribution in [1.29, 1.82) is 0 Å². The van der Waals surface area contributed by atoms with E-state index in [9.17, 15) is 9.59 Å². The quantitative estimate of drug-likeness (QED) is 0.912. The summed E-state index contributed by atoms with van der Waals surface area (Å²) in [4.78, 5) is 27.3. The van der Waals surface area contributed by atoms with Gasteiger partial charge in [-0.2, -0.15) is 0 Å². The molecule has 0 saturated heterocycles. The first-order valence-electron chi connectivity index (χ1n) is 7.71. The molecule has 1 aliphatic carbocycles. The molecule has 0 atom stereocenters. The van der Waals surface area contributed by atoms with Crippen molar-refractivity contribution in [2.24, 2.45) is 0 Å². The Morgan fingerprint density at radius 3 is 2.39 bits per heavy atom. The number of pyridine rings is 1. The van der Waals surface area contributed by atoms with E-state index in [4.69, 9.17) is 4.74 Å². The third-order valence-electron chi connectivity index (χ3n) is 4.43. The minimum Gasteiger partial charge on any atom is -0.497 e. The number of aromatic nitrogens is 1. The average Bonchev–Trinajstić information content (AvgIpc) is 2.53. The van der Waals surface area contributed by atoms with Crippen molar-refractivity contribution in [2.45, 2.75) is 31.7 Å². The fourth-order valence-electron chi connectivity index (χ4n) is 2.76. The number of ether oxygens (including phenoxy) is 1. The van der Waals surface area contributed by atoms with E-state index in [1.165, 1.54) is 0 Å². The topological polar surface area (TPSA) is 71.2 Å². The molecule has 3 rings (SSSR count). The third-order valence-corrected chi connectivity index (χ3v) is 4.43. The van der Waals surface area contributed by atoms with Gasteiger partial charge in [0.2, 0.25) is 0 Å². The molecule has 1 amide bonds. The van der Waals surface area contributed by atoms with Crippen LogP contribution in [0.2, 0.25) is 0 Å². The number of H-pyrrole nitrogens is 1. The SMILES string of the molecule is COc1ccc(-c2ccc(C(=O)NC3(C)CCC3)c(=O)[nH]2)cc1. The van der Waals surface area contributed by atoms with Gasteiger partial charge in [-0.25, -0.2) is 0 Å². The summed E-state index contributed by atoms with van der Waals surface area (Å²) in [6.45, 7) is 2.01. The van der Waals surface area contributed by atoms with Gasteiger partial charge in [0, 0.05) is 11.2 Å².